The Labute approximate surface area is 91.5 Å². The van der Waals surface area contributed by atoms with Gasteiger partial charge in [0.25, 0.3) is 0 Å². The molecular weight excluding hydrogens is 168 g/mol. The molecule has 0 bridgehead atoms. The summed E-state index contributed by atoms with van der Waals surface area (Å²) in [4.78, 5) is 0. The summed E-state index contributed by atoms with van der Waals surface area (Å²) in [6.07, 6.45) is 12.9. The Hall–Kier alpha value is 0. The van der Waals surface area contributed by atoms with Gasteiger partial charge in [0, 0.05) is 0 Å². The maximum Gasteiger partial charge on any atom is -0.0383 e. The van der Waals surface area contributed by atoms with Gasteiger partial charge < -0.3 is 0 Å². The van der Waals surface area contributed by atoms with E-state index in [0.29, 0.717) is 5.41 Å². The summed E-state index contributed by atoms with van der Waals surface area (Å²) >= 11 is 0. The largest absolute Gasteiger partial charge is 0.0654 e. The zero-order chi connectivity index (χ0) is 10.9. The first kappa shape index (κ1) is 14.0. The maximum absolute atomic E-state index is 2.34. The first-order chi connectivity index (χ1) is 6.56. The quantitative estimate of drug-likeness (QED) is 0.448. The van der Waals surface area contributed by atoms with Crippen LogP contribution in [0.15, 0.2) is 0 Å². The van der Waals surface area contributed by atoms with Crippen molar-refractivity contribution in [2.45, 2.75) is 85.5 Å². The lowest BCUT2D eigenvalue weighted by atomic mass is 9.89. The molecule has 0 aromatic carbocycles. The van der Waals surface area contributed by atoms with E-state index in [-0.39, 0.29) is 0 Å². The summed E-state index contributed by atoms with van der Waals surface area (Å²) < 4.78 is 0. The SMILES string of the molecule is CCCCCCCCCCC(C)(C)C. The van der Waals surface area contributed by atoms with Crippen LogP contribution in [0.2, 0.25) is 0 Å². The second-order valence-electron chi connectivity index (χ2n) is 5.79. The van der Waals surface area contributed by atoms with E-state index in [4.69, 9.17) is 0 Å². The molecule has 0 aliphatic heterocycles. The van der Waals surface area contributed by atoms with Gasteiger partial charge >= 0.3 is 0 Å². The van der Waals surface area contributed by atoms with Gasteiger partial charge in [0.15, 0.2) is 0 Å². The molecule has 0 fully saturated rings. The average Bonchev–Trinajstić information content (AvgIpc) is 2.08. The van der Waals surface area contributed by atoms with E-state index in [1.54, 1.807) is 0 Å². The van der Waals surface area contributed by atoms with Crippen LogP contribution in [0.1, 0.15) is 85.5 Å². The van der Waals surface area contributed by atoms with Crippen LogP contribution in [0.3, 0.4) is 0 Å². The molecule has 0 aliphatic carbocycles. The van der Waals surface area contributed by atoms with Crippen LogP contribution in [0.25, 0.3) is 0 Å². The Kier molecular flexibility index (Phi) is 8.32. The number of unbranched alkanes of at least 4 members (excludes halogenated alkanes) is 7. The number of hydrogen-bond acceptors (Lipinski definition) is 0. The van der Waals surface area contributed by atoms with Crippen LogP contribution in [0.4, 0.5) is 0 Å². The molecule has 0 saturated carbocycles. The fourth-order valence-corrected chi connectivity index (χ4v) is 1.79. The molecule has 0 aliphatic rings. The van der Waals surface area contributed by atoms with E-state index < -0.39 is 0 Å². The lowest BCUT2D eigenvalue weighted by Gasteiger charge is -2.17. The third kappa shape index (κ3) is 12.0. The van der Waals surface area contributed by atoms with E-state index >= 15 is 0 Å². The Balaban J connectivity index is 2.99. The third-order valence-corrected chi connectivity index (χ3v) is 2.78. The molecule has 0 rings (SSSR count). The fourth-order valence-electron chi connectivity index (χ4n) is 1.79. The molecule has 0 heterocycles. The summed E-state index contributed by atoms with van der Waals surface area (Å²) in [7, 11) is 0. The lowest BCUT2D eigenvalue weighted by Crippen LogP contribution is -2.03. The smallest absolute Gasteiger partial charge is 0.0383 e. The zero-order valence-corrected chi connectivity index (χ0v) is 10.9. The van der Waals surface area contributed by atoms with Gasteiger partial charge in [-0.3, -0.25) is 0 Å². The van der Waals surface area contributed by atoms with Crippen molar-refractivity contribution in [1.82, 2.24) is 0 Å². The predicted molar refractivity (Wildman–Crippen MR) is 66.7 cm³/mol. The van der Waals surface area contributed by atoms with Crippen LogP contribution >= 0.6 is 0 Å². The number of hydrogen-bond donors (Lipinski definition) is 0. The van der Waals surface area contributed by atoms with Gasteiger partial charge in [0.2, 0.25) is 0 Å². The highest BCUT2D eigenvalue weighted by molar-refractivity contribution is 4.60. The highest BCUT2D eigenvalue weighted by Crippen LogP contribution is 2.22. The van der Waals surface area contributed by atoms with Crippen LogP contribution in [-0.2, 0) is 0 Å². The summed E-state index contributed by atoms with van der Waals surface area (Å²) in [5.41, 5.74) is 0.544. The van der Waals surface area contributed by atoms with Gasteiger partial charge in [-0.1, -0.05) is 79.1 Å². The Morgan fingerprint density at radius 3 is 1.50 bits per heavy atom. The van der Waals surface area contributed by atoms with Crippen LogP contribution in [0.5, 0.6) is 0 Å². The molecule has 0 unspecified atom stereocenters. The minimum absolute atomic E-state index is 0.544. The molecule has 0 radical (unpaired) electrons. The highest BCUT2D eigenvalue weighted by Gasteiger charge is 2.08. The Morgan fingerprint density at radius 2 is 1.07 bits per heavy atom. The summed E-state index contributed by atoms with van der Waals surface area (Å²) in [5.74, 6) is 0. The van der Waals surface area contributed by atoms with Crippen molar-refractivity contribution < 1.29 is 0 Å². The molecule has 0 spiro atoms. The van der Waals surface area contributed by atoms with E-state index in [1.807, 2.05) is 0 Å². The topological polar surface area (TPSA) is 0 Å². The van der Waals surface area contributed by atoms with Crippen LogP contribution < -0.4 is 0 Å². The minimum Gasteiger partial charge on any atom is -0.0654 e. The van der Waals surface area contributed by atoms with Crippen LogP contribution in [-0.4, -0.2) is 0 Å². The zero-order valence-electron chi connectivity index (χ0n) is 10.9. The molecule has 0 atom stereocenters. The second-order valence-corrected chi connectivity index (χ2v) is 5.79. The molecule has 14 heavy (non-hydrogen) atoms. The average molecular weight is 198 g/mol. The van der Waals surface area contributed by atoms with Crippen molar-refractivity contribution in [3.05, 3.63) is 0 Å². The van der Waals surface area contributed by atoms with E-state index in [9.17, 15) is 0 Å². The lowest BCUT2D eigenvalue weighted by molar-refractivity contribution is 0.356. The van der Waals surface area contributed by atoms with Crippen molar-refractivity contribution in [3.8, 4) is 0 Å². The van der Waals surface area contributed by atoms with Crippen molar-refractivity contribution in [1.29, 1.82) is 0 Å². The van der Waals surface area contributed by atoms with Gasteiger partial charge in [0.1, 0.15) is 0 Å². The van der Waals surface area contributed by atoms with Gasteiger partial charge in [0.05, 0.1) is 0 Å². The molecule has 86 valence electrons. The van der Waals surface area contributed by atoms with Gasteiger partial charge in [-0.05, 0) is 11.8 Å². The molecule has 0 nitrogen and oxygen atoms in total. The second kappa shape index (κ2) is 8.32. The van der Waals surface area contributed by atoms with E-state index in [0.717, 1.165) is 0 Å². The standard InChI is InChI=1S/C14H30/c1-5-6-7-8-9-10-11-12-13-14(2,3)4/h5-13H2,1-4H3. The van der Waals surface area contributed by atoms with Crippen molar-refractivity contribution in [2.24, 2.45) is 5.41 Å². The number of rotatable bonds is 8. The molecule has 0 heteroatoms. The molecule has 0 N–H and O–H groups in total. The normalized spacial score (nSPS) is 12.0. The summed E-state index contributed by atoms with van der Waals surface area (Å²) in [6, 6.07) is 0. The highest BCUT2D eigenvalue weighted by atomic mass is 14.1. The van der Waals surface area contributed by atoms with Crippen LogP contribution in [0, 0.1) is 5.41 Å². The maximum atomic E-state index is 2.34. The monoisotopic (exact) mass is 198 g/mol. The summed E-state index contributed by atoms with van der Waals surface area (Å²) in [6.45, 7) is 9.31. The van der Waals surface area contributed by atoms with Gasteiger partial charge in [-0.25, -0.2) is 0 Å². The fraction of sp³-hybridized carbons (Fsp3) is 1.00. The van der Waals surface area contributed by atoms with Gasteiger partial charge in [-0.15, -0.1) is 0 Å². The molecular formula is C14H30. The third-order valence-electron chi connectivity index (χ3n) is 2.78. The van der Waals surface area contributed by atoms with E-state index in [2.05, 4.69) is 27.7 Å². The molecule has 0 aromatic heterocycles. The van der Waals surface area contributed by atoms with E-state index in [1.165, 1.54) is 57.8 Å². The minimum atomic E-state index is 0.544. The molecule has 0 amide bonds. The first-order valence-corrected chi connectivity index (χ1v) is 6.56. The first-order valence-electron chi connectivity index (χ1n) is 6.56. The molecule has 0 saturated heterocycles. The molecule has 0 aromatic rings. The Morgan fingerprint density at radius 1 is 0.643 bits per heavy atom. The van der Waals surface area contributed by atoms with Crippen molar-refractivity contribution in [2.75, 3.05) is 0 Å². The summed E-state index contributed by atoms with van der Waals surface area (Å²) in [5, 5.41) is 0. The predicted octanol–water partition coefficient (Wildman–Crippen LogP) is 5.56. The van der Waals surface area contributed by atoms with Crippen molar-refractivity contribution in [3.63, 3.8) is 0 Å². The van der Waals surface area contributed by atoms with Gasteiger partial charge in [-0.2, -0.15) is 0 Å². The Bertz CT molecular complexity index is 108. The van der Waals surface area contributed by atoms with Crippen molar-refractivity contribution >= 4 is 0 Å².